The predicted octanol–water partition coefficient (Wildman–Crippen LogP) is 2.21. The van der Waals surface area contributed by atoms with Crippen molar-refractivity contribution in [3.8, 4) is 5.75 Å². The summed E-state index contributed by atoms with van der Waals surface area (Å²) in [6, 6.07) is 3.00. The number of hydrogen-bond acceptors (Lipinski definition) is 6. The number of nitrogens with zero attached hydrogens (tertiary/aromatic N) is 2. The molecule has 130 valence electrons. The van der Waals surface area contributed by atoms with Gasteiger partial charge in [-0.3, -0.25) is 14.9 Å². The number of nitrogens with one attached hydrogen (secondary N) is 2. The summed E-state index contributed by atoms with van der Waals surface area (Å²) >= 11 is 0. The minimum Gasteiger partial charge on any atom is -0.481 e. The number of carbonyl (C=O) groups excluding carboxylic acids is 1. The van der Waals surface area contributed by atoms with E-state index in [1.165, 1.54) is 25.3 Å². The molecule has 8 heteroatoms. The van der Waals surface area contributed by atoms with Gasteiger partial charge in [0.1, 0.15) is 5.69 Å². The van der Waals surface area contributed by atoms with Gasteiger partial charge in [0.05, 0.1) is 16.7 Å². The maximum absolute atomic E-state index is 11.4. The zero-order valence-corrected chi connectivity index (χ0v) is 13.7. The molecule has 2 aliphatic heterocycles. The number of ether oxygens (including phenoxy) is 1. The molecule has 1 atom stereocenters. The topological polar surface area (TPSA) is 96.7 Å². The highest BCUT2D eigenvalue weighted by Crippen LogP contribution is 2.38. The summed E-state index contributed by atoms with van der Waals surface area (Å²) in [5.74, 6) is 0.0687. The van der Waals surface area contributed by atoms with E-state index in [9.17, 15) is 14.9 Å². The Hall–Kier alpha value is -2.35. The summed E-state index contributed by atoms with van der Waals surface area (Å²) in [7, 11) is 0. The van der Waals surface area contributed by atoms with Crippen molar-refractivity contribution in [2.24, 2.45) is 0 Å². The highest BCUT2D eigenvalue weighted by atomic mass is 16.6. The first-order valence-electron chi connectivity index (χ1n) is 8.27. The van der Waals surface area contributed by atoms with E-state index in [2.05, 4.69) is 15.5 Å². The maximum atomic E-state index is 11.4. The fourth-order valence-electron chi connectivity index (χ4n) is 3.22. The molecule has 0 radical (unpaired) electrons. The minimum atomic E-state index is -0.435. The molecule has 0 saturated carbocycles. The minimum absolute atomic E-state index is 0.0459. The van der Waals surface area contributed by atoms with Gasteiger partial charge < -0.3 is 20.3 Å². The van der Waals surface area contributed by atoms with Crippen molar-refractivity contribution in [1.82, 2.24) is 4.90 Å². The summed E-state index contributed by atoms with van der Waals surface area (Å²) in [4.78, 5) is 24.7. The molecule has 0 spiro atoms. The van der Waals surface area contributed by atoms with Crippen LogP contribution in [0.1, 0.15) is 26.2 Å². The van der Waals surface area contributed by atoms with E-state index < -0.39 is 4.92 Å². The average molecular weight is 334 g/mol. The SMILES string of the molecule is CC(CN1CCCCC1)Nc1cc2c(cc1[N+](=O)[O-])OCC(=O)N2. The monoisotopic (exact) mass is 334 g/mol. The van der Waals surface area contributed by atoms with Crippen molar-refractivity contribution in [3.63, 3.8) is 0 Å². The smallest absolute Gasteiger partial charge is 0.296 e. The first-order chi connectivity index (χ1) is 11.5. The number of benzene rings is 1. The molecule has 24 heavy (non-hydrogen) atoms. The van der Waals surface area contributed by atoms with Crippen LogP contribution in [0.15, 0.2) is 12.1 Å². The number of anilines is 2. The van der Waals surface area contributed by atoms with Crippen molar-refractivity contribution in [2.75, 3.05) is 36.9 Å². The summed E-state index contributed by atoms with van der Waals surface area (Å²) < 4.78 is 5.26. The fraction of sp³-hybridized carbons (Fsp3) is 0.562. The Morgan fingerprint density at radius 3 is 2.83 bits per heavy atom. The molecule has 3 rings (SSSR count). The Morgan fingerprint density at radius 2 is 2.12 bits per heavy atom. The number of nitro benzene ring substituents is 1. The zero-order valence-electron chi connectivity index (χ0n) is 13.7. The van der Waals surface area contributed by atoms with Gasteiger partial charge in [-0.25, -0.2) is 0 Å². The maximum Gasteiger partial charge on any atom is 0.296 e. The van der Waals surface area contributed by atoms with Crippen LogP contribution in [0.25, 0.3) is 0 Å². The van der Waals surface area contributed by atoms with E-state index in [0.29, 0.717) is 17.1 Å². The van der Waals surface area contributed by atoms with Gasteiger partial charge >= 0.3 is 0 Å². The third-order valence-electron chi connectivity index (χ3n) is 4.31. The summed E-state index contributed by atoms with van der Waals surface area (Å²) in [5.41, 5.74) is 0.814. The van der Waals surface area contributed by atoms with Gasteiger partial charge in [-0.1, -0.05) is 6.42 Å². The lowest BCUT2D eigenvalue weighted by molar-refractivity contribution is -0.384. The van der Waals surface area contributed by atoms with Crippen LogP contribution in [-0.4, -0.2) is 48.0 Å². The molecule has 2 heterocycles. The fourth-order valence-corrected chi connectivity index (χ4v) is 3.22. The second-order valence-corrected chi connectivity index (χ2v) is 6.37. The number of amides is 1. The molecule has 0 aromatic heterocycles. The average Bonchev–Trinajstić information content (AvgIpc) is 2.54. The van der Waals surface area contributed by atoms with E-state index >= 15 is 0 Å². The Kier molecular flexibility index (Phi) is 4.84. The largest absolute Gasteiger partial charge is 0.481 e. The third kappa shape index (κ3) is 3.76. The quantitative estimate of drug-likeness (QED) is 0.633. The molecule has 1 saturated heterocycles. The Bertz CT molecular complexity index is 643. The molecule has 1 aromatic rings. The Morgan fingerprint density at radius 1 is 1.38 bits per heavy atom. The highest BCUT2D eigenvalue weighted by Gasteiger charge is 2.25. The molecular formula is C16H22N4O4. The molecule has 1 amide bonds. The number of fused-ring (bicyclic) bond motifs is 1. The molecule has 1 aromatic carbocycles. The lowest BCUT2D eigenvalue weighted by atomic mass is 10.1. The number of nitro groups is 1. The van der Waals surface area contributed by atoms with Crippen LogP contribution < -0.4 is 15.4 Å². The molecule has 1 unspecified atom stereocenters. The van der Waals surface area contributed by atoms with Crippen molar-refractivity contribution in [2.45, 2.75) is 32.2 Å². The molecule has 2 N–H and O–H groups in total. The van der Waals surface area contributed by atoms with Crippen LogP contribution in [0.4, 0.5) is 17.1 Å². The number of carbonyl (C=O) groups is 1. The van der Waals surface area contributed by atoms with Gasteiger partial charge in [-0.15, -0.1) is 0 Å². The Labute approximate surface area is 140 Å². The van der Waals surface area contributed by atoms with Crippen molar-refractivity contribution < 1.29 is 14.5 Å². The predicted molar refractivity (Wildman–Crippen MR) is 90.6 cm³/mol. The van der Waals surface area contributed by atoms with E-state index in [-0.39, 0.29) is 24.2 Å². The molecule has 8 nitrogen and oxygen atoms in total. The Balaban J connectivity index is 1.76. The lowest BCUT2D eigenvalue weighted by Crippen LogP contribution is -2.38. The van der Waals surface area contributed by atoms with Crippen LogP contribution in [0.2, 0.25) is 0 Å². The first-order valence-corrected chi connectivity index (χ1v) is 8.27. The molecular weight excluding hydrogens is 312 g/mol. The molecule has 2 aliphatic rings. The first kappa shape index (κ1) is 16.5. The number of hydrogen-bond donors (Lipinski definition) is 2. The standard InChI is InChI=1S/C16H22N4O4/c1-11(9-19-5-3-2-4-6-19)17-12-7-13-15(8-14(12)20(22)23)24-10-16(21)18-13/h7-8,11,17H,2-6,9-10H2,1H3,(H,18,21). The van der Waals surface area contributed by atoms with Gasteiger partial charge in [0.2, 0.25) is 0 Å². The summed E-state index contributed by atoms with van der Waals surface area (Å²) in [5, 5.41) is 17.3. The molecule has 0 bridgehead atoms. The third-order valence-corrected chi connectivity index (χ3v) is 4.31. The normalized spacial score (nSPS) is 19.0. The van der Waals surface area contributed by atoms with Crippen molar-refractivity contribution >= 4 is 23.0 Å². The van der Waals surface area contributed by atoms with Crippen LogP contribution in [-0.2, 0) is 4.79 Å². The second-order valence-electron chi connectivity index (χ2n) is 6.37. The van der Waals surface area contributed by atoms with E-state index in [0.717, 1.165) is 19.6 Å². The second kappa shape index (κ2) is 7.04. The van der Waals surface area contributed by atoms with E-state index in [1.54, 1.807) is 6.07 Å². The van der Waals surface area contributed by atoms with Gasteiger partial charge in [-0.05, 0) is 38.9 Å². The summed E-state index contributed by atoms with van der Waals surface area (Å²) in [6.07, 6.45) is 3.68. The number of rotatable bonds is 5. The van der Waals surface area contributed by atoms with E-state index in [4.69, 9.17) is 4.74 Å². The van der Waals surface area contributed by atoms with Crippen LogP contribution in [0.5, 0.6) is 5.75 Å². The van der Waals surface area contributed by atoms with Gasteiger partial charge in [0, 0.05) is 12.6 Å². The van der Waals surface area contributed by atoms with E-state index in [1.807, 2.05) is 6.92 Å². The number of piperidine rings is 1. The van der Waals surface area contributed by atoms with Crippen molar-refractivity contribution in [1.29, 1.82) is 0 Å². The van der Waals surface area contributed by atoms with Gasteiger partial charge in [0.25, 0.3) is 11.6 Å². The number of likely N-dealkylation sites (tertiary alicyclic amines) is 1. The van der Waals surface area contributed by atoms with Crippen LogP contribution >= 0.6 is 0 Å². The lowest BCUT2D eigenvalue weighted by Gasteiger charge is -2.29. The van der Waals surface area contributed by atoms with Gasteiger partial charge in [-0.2, -0.15) is 0 Å². The van der Waals surface area contributed by atoms with Crippen LogP contribution in [0, 0.1) is 10.1 Å². The zero-order chi connectivity index (χ0) is 17.1. The molecule has 1 fully saturated rings. The summed E-state index contributed by atoms with van der Waals surface area (Å²) in [6.45, 7) is 4.86. The highest BCUT2D eigenvalue weighted by molar-refractivity contribution is 5.96. The van der Waals surface area contributed by atoms with Crippen LogP contribution in [0.3, 0.4) is 0 Å². The van der Waals surface area contributed by atoms with Gasteiger partial charge in [0.15, 0.2) is 12.4 Å². The van der Waals surface area contributed by atoms with Crippen molar-refractivity contribution in [3.05, 3.63) is 22.2 Å². The molecule has 0 aliphatic carbocycles.